The summed E-state index contributed by atoms with van der Waals surface area (Å²) in [4.78, 5) is 1.63. The van der Waals surface area contributed by atoms with Gasteiger partial charge in [0.05, 0.1) is 11.5 Å². The molecule has 5 rings (SSSR count). The van der Waals surface area contributed by atoms with Gasteiger partial charge in [-0.15, -0.1) is 0 Å². The lowest BCUT2D eigenvalue weighted by atomic mass is 9.88. The Morgan fingerprint density at radius 3 is 1.78 bits per heavy atom. The molecule has 0 bridgehead atoms. The first-order valence-corrected chi connectivity index (χ1v) is 15.4. The van der Waals surface area contributed by atoms with Crippen LogP contribution in [-0.4, -0.2) is 38.8 Å². The van der Waals surface area contributed by atoms with Crippen molar-refractivity contribution < 1.29 is 43.9 Å². The monoisotopic (exact) mass is 651 g/mol. The smallest absolute Gasteiger partial charge is 0.349 e. The predicted octanol–water partition coefficient (Wildman–Crippen LogP) is 7.94. The van der Waals surface area contributed by atoms with E-state index in [4.69, 9.17) is 4.74 Å². The van der Waals surface area contributed by atoms with Crippen LogP contribution in [-0.2, 0) is 38.1 Å². The van der Waals surface area contributed by atoms with Crippen molar-refractivity contribution in [3.63, 3.8) is 0 Å². The van der Waals surface area contributed by atoms with Gasteiger partial charge in [0.15, 0.2) is 9.84 Å². The minimum Gasteiger partial charge on any atom is -0.349 e. The SMILES string of the molecule is O=S(=O)(c1ccc(F)cc1)[C@]1(c2ccc(C(OCc3ccccc3)(C(F)(F)F)C(F)(F)F)cc2)CCN(Cc2ccccc2)C1. The maximum absolute atomic E-state index is 14.5. The Hall–Kier alpha value is -3.74. The molecule has 1 heterocycles. The van der Waals surface area contributed by atoms with Crippen LogP contribution in [0, 0.1) is 5.82 Å². The lowest BCUT2D eigenvalue weighted by Gasteiger charge is -2.38. The molecular weight excluding hydrogens is 623 g/mol. The fourth-order valence-electron chi connectivity index (χ4n) is 5.79. The zero-order valence-corrected chi connectivity index (χ0v) is 24.5. The molecule has 0 saturated carbocycles. The largest absolute Gasteiger partial charge is 0.430 e. The fraction of sp³-hybridized carbons (Fsp3) is 0.273. The van der Waals surface area contributed by atoms with E-state index in [0.29, 0.717) is 18.7 Å². The molecule has 1 fully saturated rings. The Labute approximate surface area is 256 Å². The van der Waals surface area contributed by atoms with E-state index in [-0.39, 0.29) is 35.5 Å². The molecule has 1 aliphatic heterocycles. The van der Waals surface area contributed by atoms with Crippen molar-refractivity contribution in [2.24, 2.45) is 0 Å². The van der Waals surface area contributed by atoms with E-state index in [1.54, 1.807) is 6.07 Å². The van der Waals surface area contributed by atoms with Gasteiger partial charge in [0.25, 0.3) is 5.60 Å². The molecule has 4 nitrogen and oxygen atoms in total. The Bertz CT molecular complexity index is 1680. The van der Waals surface area contributed by atoms with E-state index < -0.39 is 50.5 Å². The van der Waals surface area contributed by atoms with Crippen LogP contribution in [0.15, 0.2) is 114 Å². The molecule has 4 aromatic rings. The molecule has 0 unspecified atom stereocenters. The zero-order chi connectivity index (χ0) is 32.5. The number of halogens is 7. The van der Waals surface area contributed by atoms with Crippen LogP contribution in [0.2, 0.25) is 0 Å². The van der Waals surface area contributed by atoms with Crippen molar-refractivity contribution in [3.8, 4) is 0 Å². The van der Waals surface area contributed by atoms with Gasteiger partial charge in [0.1, 0.15) is 10.6 Å². The summed E-state index contributed by atoms with van der Waals surface area (Å²) in [6.07, 6.45) is -11.8. The summed E-state index contributed by atoms with van der Waals surface area (Å²) in [5, 5.41) is 0. The van der Waals surface area contributed by atoms with Crippen LogP contribution in [0.1, 0.15) is 28.7 Å². The highest BCUT2D eigenvalue weighted by Gasteiger charge is 2.73. The lowest BCUT2D eigenvalue weighted by Crippen LogP contribution is -2.55. The molecule has 0 aromatic heterocycles. The molecular formula is C33H28F7NO3S. The number of nitrogens with zero attached hydrogens (tertiary/aromatic N) is 1. The molecule has 0 aliphatic carbocycles. The lowest BCUT2D eigenvalue weighted by molar-refractivity contribution is -0.392. The molecule has 4 aromatic carbocycles. The number of sulfone groups is 1. The first kappa shape index (κ1) is 32.6. The molecule has 1 atom stereocenters. The Morgan fingerprint density at radius 2 is 1.24 bits per heavy atom. The van der Waals surface area contributed by atoms with Crippen molar-refractivity contribution in [3.05, 3.63) is 137 Å². The Kier molecular flexibility index (Phi) is 8.87. The number of likely N-dealkylation sites (tertiary alicyclic amines) is 1. The second kappa shape index (κ2) is 12.2. The average molecular weight is 652 g/mol. The number of alkyl halides is 6. The summed E-state index contributed by atoms with van der Waals surface area (Å²) in [6.45, 7) is -0.460. The predicted molar refractivity (Wildman–Crippen MR) is 153 cm³/mol. The van der Waals surface area contributed by atoms with Crippen LogP contribution in [0.4, 0.5) is 30.7 Å². The summed E-state index contributed by atoms with van der Waals surface area (Å²) in [5.41, 5.74) is -4.94. The van der Waals surface area contributed by atoms with Gasteiger partial charge in [-0.05, 0) is 47.4 Å². The van der Waals surface area contributed by atoms with Gasteiger partial charge in [-0.3, -0.25) is 4.90 Å². The number of hydrogen-bond acceptors (Lipinski definition) is 4. The molecule has 238 valence electrons. The van der Waals surface area contributed by atoms with Crippen molar-refractivity contribution in [2.75, 3.05) is 13.1 Å². The average Bonchev–Trinajstić information content (AvgIpc) is 3.43. The number of ether oxygens (including phenoxy) is 1. The van der Waals surface area contributed by atoms with Gasteiger partial charge < -0.3 is 4.74 Å². The minimum atomic E-state index is -5.92. The van der Waals surface area contributed by atoms with Gasteiger partial charge in [-0.2, -0.15) is 26.3 Å². The molecule has 12 heteroatoms. The molecule has 0 amide bonds. The zero-order valence-electron chi connectivity index (χ0n) is 23.7. The second-order valence-electron chi connectivity index (χ2n) is 10.9. The van der Waals surface area contributed by atoms with Crippen LogP contribution in [0.25, 0.3) is 0 Å². The molecule has 0 spiro atoms. The molecule has 45 heavy (non-hydrogen) atoms. The molecule has 0 N–H and O–H groups in total. The number of benzene rings is 4. The molecule has 0 radical (unpaired) electrons. The molecule has 1 aliphatic rings. The van der Waals surface area contributed by atoms with E-state index in [2.05, 4.69) is 0 Å². The van der Waals surface area contributed by atoms with Crippen LogP contribution in [0.3, 0.4) is 0 Å². The van der Waals surface area contributed by atoms with Gasteiger partial charge in [-0.25, -0.2) is 12.8 Å². The highest BCUT2D eigenvalue weighted by Crippen LogP contribution is 2.54. The third kappa shape index (κ3) is 6.10. The Morgan fingerprint density at radius 1 is 0.711 bits per heavy atom. The van der Waals surface area contributed by atoms with E-state index in [9.17, 15) is 39.2 Å². The van der Waals surface area contributed by atoms with Crippen molar-refractivity contribution >= 4 is 9.84 Å². The van der Waals surface area contributed by atoms with Gasteiger partial charge >= 0.3 is 12.4 Å². The third-order valence-electron chi connectivity index (χ3n) is 8.11. The highest BCUT2D eigenvalue weighted by atomic mass is 32.2. The van der Waals surface area contributed by atoms with Crippen LogP contribution in [0.5, 0.6) is 0 Å². The van der Waals surface area contributed by atoms with E-state index in [1.165, 1.54) is 24.3 Å². The summed E-state index contributed by atoms with van der Waals surface area (Å²) in [7, 11) is -4.33. The van der Waals surface area contributed by atoms with Crippen molar-refractivity contribution in [1.82, 2.24) is 4.90 Å². The highest BCUT2D eigenvalue weighted by molar-refractivity contribution is 7.92. The van der Waals surface area contributed by atoms with Crippen molar-refractivity contribution in [1.29, 1.82) is 0 Å². The topological polar surface area (TPSA) is 46.6 Å². The fourth-order valence-corrected chi connectivity index (χ4v) is 7.90. The maximum Gasteiger partial charge on any atom is 0.430 e. The number of rotatable bonds is 9. The summed E-state index contributed by atoms with van der Waals surface area (Å²) in [6, 6.07) is 23.7. The van der Waals surface area contributed by atoms with E-state index in [0.717, 1.165) is 42.0 Å². The van der Waals surface area contributed by atoms with Gasteiger partial charge in [-0.1, -0.05) is 84.9 Å². The van der Waals surface area contributed by atoms with E-state index >= 15 is 0 Å². The standard InChI is InChI=1S/C33H28F7NO3S/c34-28-15-17-29(18-16-28)45(42,43)30(19-20-41(23-30)21-24-7-3-1-4-8-24)26-11-13-27(14-12-26)31(32(35,36)37,33(38,39)40)44-22-25-9-5-2-6-10-25/h1-18H,19-23H2/t30-/m1/s1. The van der Waals surface area contributed by atoms with E-state index in [1.807, 2.05) is 35.2 Å². The summed E-state index contributed by atoms with van der Waals surface area (Å²) >= 11 is 0. The summed E-state index contributed by atoms with van der Waals surface area (Å²) < 4.78 is 132. The van der Waals surface area contributed by atoms with Crippen molar-refractivity contribution in [2.45, 2.75) is 47.2 Å². The number of hydrogen-bond donors (Lipinski definition) is 0. The van der Waals surface area contributed by atoms with Crippen LogP contribution < -0.4 is 0 Å². The minimum absolute atomic E-state index is 0.00686. The summed E-state index contributed by atoms with van der Waals surface area (Å²) in [5.74, 6) is -0.671. The van der Waals surface area contributed by atoms with Gasteiger partial charge in [0, 0.05) is 25.2 Å². The first-order chi connectivity index (χ1) is 21.2. The van der Waals surface area contributed by atoms with Crippen LogP contribution >= 0.6 is 0 Å². The normalized spacial score (nSPS) is 18.3. The molecule has 1 saturated heterocycles. The van der Waals surface area contributed by atoms with Gasteiger partial charge in [0.2, 0.25) is 0 Å². The Balaban J connectivity index is 1.58. The second-order valence-corrected chi connectivity index (χ2v) is 13.2. The quantitative estimate of drug-likeness (QED) is 0.136. The maximum atomic E-state index is 14.5. The third-order valence-corrected chi connectivity index (χ3v) is 10.6. The first-order valence-electron chi connectivity index (χ1n) is 13.9.